The number of hydrogen-bond acceptors (Lipinski definition) is 3. The molecule has 0 atom stereocenters. The minimum Gasteiger partial charge on any atom is -0.460 e. The lowest BCUT2D eigenvalue weighted by Crippen LogP contribution is -2.32. The lowest BCUT2D eigenvalue weighted by molar-refractivity contribution is -0.154. The van der Waals surface area contributed by atoms with Gasteiger partial charge in [0.2, 0.25) is 0 Å². The first kappa shape index (κ1) is 22.5. The van der Waals surface area contributed by atoms with Crippen molar-refractivity contribution in [1.82, 2.24) is 5.32 Å². The summed E-state index contributed by atoms with van der Waals surface area (Å²) in [5.74, 6) is 0.313. The monoisotopic (exact) mass is 411 g/mol. The SMILES string of the molecule is C=C(C)CN=C(N)NCCCCCC(=O)OC(C)(C)C.I. The predicted octanol–water partition coefficient (Wildman–Crippen LogP) is 2.99. The summed E-state index contributed by atoms with van der Waals surface area (Å²) in [6.07, 6.45) is 3.21. The van der Waals surface area contributed by atoms with Crippen LogP contribution < -0.4 is 11.1 Å². The molecule has 0 aliphatic heterocycles. The number of nitrogens with two attached hydrogens (primary N) is 1. The quantitative estimate of drug-likeness (QED) is 0.161. The van der Waals surface area contributed by atoms with Crippen molar-refractivity contribution in [2.75, 3.05) is 13.1 Å². The van der Waals surface area contributed by atoms with Gasteiger partial charge >= 0.3 is 5.97 Å². The Morgan fingerprint density at radius 2 is 1.90 bits per heavy atom. The molecule has 21 heavy (non-hydrogen) atoms. The first-order valence-corrected chi connectivity index (χ1v) is 7.11. The van der Waals surface area contributed by atoms with Gasteiger partial charge in [0.1, 0.15) is 5.60 Å². The molecule has 0 aromatic rings. The number of ether oxygens (including phenoxy) is 1. The number of halogens is 1. The Balaban J connectivity index is 0. The number of carbonyl (C=O) groups excluding carboxylic acids is 1. The van der Waals surface area contributed by atoms with Gasteiger partial charge in [-0.25, -0.2) is 4.99 Å². The molecule has 0 aromatic heterocycles. The van der Waals surface area contributed by atoms with E-state index in [9.17, 15) is 4.79 Å². The summed E-state index contributed by atoms with van der Waals surface area (Å²) in [6.45, 7) is 12.6. The van der Waals surface area contributed by atoms with Gasteiger partial charge in [-0.05, 0) is 40.5 Å². The third kappa shape index (κ3) is 17.2. The Labute approximate surface area is 145 Å². The zero-order chi connectivity index (χ0) is 15.6. The fourth-order valence-corrected chi connectivity index (χ4v) is 1.46. The number of rotatable bonds is 8. The van der Waals surface area contributed by atoms with Crippen LogP contribution in [0.1, 0.15) is 53.4 Å². The number of nitrogens with one attached hydrogen (secondary N) is 1. The molecule has 0 heterocycles. The van der Waals surface area contributed by atoms with Gasteiger partial charge in [-0.2, -0.15) is 0 Å². The second-order valence-electron chi connectivity index (χ2n) is 5.98. The summed E-state index contributed by atoms with van der Waals surface area (Å²) in [5.41, 5.74) is 6.26. The number of nitrogens with zero attached hydrogens (tertiary/aromatic N) is 1. The molecule has 3 N–H and O–H groups in total. The van der Waals surface area contributed by atoms with Gasteiger partial charge in [-0.3, -0.25) is 4.79 Å². The Morgan fingerprint density at radius 3 is 2.43 bits per heavy atom. The largest absolute Gasteiger partial charge is 0.460 e. The molecule has 0 aliphatic carbocycles. The zero-order valence-electron chi connectivity index (χ0n) is 13.7. The number of carbonyl (C=O) groups is 1. The molecule has 0 saturated heterocycles. The number of unbranched alkanes of at least 4 members (excludes halogenated alkanes) is 2. The lowest BCUT2D eigenvalue weighted by Gasteiger charge is -2.19. The van der Waals surface area contributed by atoms with Crippen LogP contribution in [0.15, 0.2) is 17.1 Å². The molecule has 5 nitrogen and oxygen atoms in total. The minimum atomic E-state index is -0.396. The van der Waals surface area contributed by atoms with Gasteiger partial charge in [0.25, 0.3) is 0 Å². The Bertz CT molecular complexity index is 349. The van der Waals surface area contributed by atoms with Crippen molar-refractivity contribution in [3.63, 3.8) is 0 Å². The van der Waals surface area contributed by atoms with Crippen molar-refractivity contribution in [2.24, 2.45) is 10.7 Å². The van der Waals surface area contributed by atoms with Crippen LogP contribution in [0.25, 0.3) is 0 Å². The number of aliphatic imine (C=N–C) groups is 1. The average Bonchev–Trinajstić information content (AvgIpc) is 2.28. The Morgan fingerprint density at radius 1 is 1.29 bits per heavy atom. The summed E-state index contributed by atoms with van der Waals surface area (Å²) in [6, 6.07) is 0. The van der Waals surface area contributed by atoms with Crippen LogP contribution >= 0.6 is 24.0 Å². The first-order chi connectivity index (χ1) is 9.20. The van der Waals surface area contributed by atoms with Gasteiger partial charge in [-0.15, -0.1) is 24.0 Å². The smallest absolute Gasteiger partial charge is 0.306 e. The van der Waals surface area contributed by atoms with E-state index in [4.69, 9.17) is 10.5 Å². The minimum absolute atomic E-state index is 0. The van der Waals surface area contributed by atoms with Crippen molar-refractivity contribution in [2.45, 2.75) is 59.0 Å². The van der Waals surface area contributed by atoms with E-state index in [1.807, 2.05) is 27.7 Å². The van der Waals surface area contributed by atoms with Crippen molar-refractivity contribution >= 4 is 35.9 Å². The molecule has 0 fully saturated rings. The van der Waals surface area contributed by atoms with E-state index in [1.54, 1.807) is 0 Å². The average molecular weight is 411 g/mol. The molecule has 0 amide bonds. The topological polar surface area (TPSA) is 76.7 Å². The molecular formula is C15H30IN3O2. The predicted molar refractivity (Wildman–Crippen MR) is 99.0 cm³/mol. The van der Waals surface area contributed by atoms with E-state index in [2.05, 4.69) is 16.9 Å². The van der Waals surface area contributed by atoms with E-state index in [1.165, 1.54) is 0 Å². The second-order valence-corrected chi connectivity index (χ2v) is 5.98. The van der Waals surface area contributed by atoms with Crippen molar-refractivity contribution < 1.29 is 9.53 Å². The van der Waals surface area contributed by atoms with Gasteiger partial charge in [0, 0.05) is 13.0 Å². The van der Waals surface area contributed by atoms with Crippen LogP contribution in [-0.4, -0.2) is 30.6 Å². The lowest BCUT2D eigenvalue weighted by atomic mass is 10.1. The third-order valence-corrected chi connectivity index (χ3v) is 2.30. The summed E-state index contributed by atoms with van der Waals surface area (Å²) in [7, 11) is 0. The molecule has 0 aromatic carbocycles. The zero-order valence-corrected chi connectivity index (χ0v) is 16.0. The van der Waals surface area contributed by atoms with Crippen molar-refractivity contribution in [3.05, 3.63) is 12.2 Å². The maximum absolute atomic E-state index is 11.5. The van der Waals surface area contributed by atoms with Crippen LogP contribution in [-0.2, 0) is 9.53 Å². The van der Waals surface area contributed by atoms with E-state index < -0.39 is 5.60 Å². The van der Waals surface area contributed by atoms with Gasteiger partial charge in [-0.1, -0.05) is 18.6 Å². The maximum atomic E-state index is 11.5. The molecule has 0 saturated carbocycles. The third-order valence-electron chi connectivity index (χ3n) is 2.30. The highest BCUT2D eigenvalue weighted by atomic mass is 127. The molecule has 0 spiro atoms. The first-order valence-electron chi connectivity index (χ1n) is 7.11. The molecular weight excluding hydrogens is 381 g/mol. The van der Waals surface area contributed by atoms with E-state index in [-0.39, 0.29) is 29.9 Å². The molecule has 0 bridgehead atoms. The number of hydrogen-bond donors (Lipinski definition) is 2. The van der Waals surface area contributed by atoms with Gasteiger partial charge in [0.05, 0.1) is 6.54 Å². The van der Waals surface area contributed by atoms with Crippen LogP contribution in [0.3, 0.4) is 0 Å². The second kappa shape index (κ2) is 11.8. The molecule has 0 radical (unpaired) electrons. The molecule has 0 rings (SSSR count). The fourth-order valence-electron chi connectivity index (χ4n) is 1.46. The van der Waals surface area contributed by atoms with E-state index in [0.29, 0.717) is 18.9 Å². The summed E-state index contributed by atoms with van der Waals surface area (Å²) in [5, 5.41) is 3.03. The Kier molecular flexibility index (Phi) is 12.7. The fraction of sp³-hybridized carbons (Fsp3) is 0.733. The highest BCUT2D eigenvalue weighted by Crippen LogP contribution is 2.10. The molecule has 124 valence electrons. The van der Waals surface area contributed by atoms with Gasteiger partial charge < -0.3 is 15.8 Å². The van der Waals surface area contributed by atoms with Crippen LogP contribution in [0.5, 0.6) is 0 Å². The molecule has 0 aliphatic rings. The van der Waals surface area contributed by atoms with Crippen molar-refractivity contribution in [1.29, 1.82) is 0 Å². The van der Waals surface area contributed by atoms with Crippen LogP contribution in [0.4, 0.5) is 0 Å². The highest BCUT2D eigenvalue weighted by molar-refractivity contribution is 14.0. The number of guanidine groups is 1. The molecule has 6 heteroatoms. The van der Waals surface area contributed by atoms with Crippen molar-refractivity contribution in [3.8, 4) is 0 Å². The van der Waals surface area contributed by atoms with Crippen LogP contribution in [0.2, 0.25) is 0 Å². The molecule has 0 unspecified atom stereocenters. The van der Waals surface area contributed by atoms with E-state index >= 15 is 0 Å². The summed E-state index contributed by atoms with van der Waals surface area (Å²) < 4.78 is 5.23. The standard InChI is InChI=1S/C15H29N3O2.HI/c1-12(2)11-18-14(16)17-10-8-6-7-9-13(19)20-15(3,4)5;/h1,6-11H2,2-5H3,(H3,16,17,18);1H. The normalized spacial score (nSPS) is 11.5. The summed E-state index contributed by atoms with van der Waals surface area (Å²) in [4.78, 5) is 15.6. The Hall–Kier alpha value is -0.790. The van der Waals surface area contributed by atoms with Crippen LogP contribution in [0, 0.1) is 0 Å². The number of esters is 1. The van der Waals surface area contributed by atoms with Gasteiger partial charge in [0.15, 0.2) is 5.96 Å². The van der Waals surface area contributed by atoms with E-state index in [0.717, 1.165) is 31.4 Å². The summed E-state index contributed by atoms with van der Waals surface area (Å²) >= 11 is 0. The maximum Gasteiger partial charge on any atom is 0.306 e. The highest BCUT2D eigenvalue weighted by Gasteiger charge is 2.15.